The van der Waals surface area contributed by atoms with Gasteiger partial charge in [-0.15, -0.1) is 11.3 Å². The standard InChI is InChI=1S/C14H18N6S/c1-8(6-10-5-4-9(2)21-10)18-13-11-12(17-7-16-11)19-14(15-3)20-13/h4-5,7-8H,6H2,1-3H3,(H3,15,16,17,18,19,20). The third-order valence-electron chi connectivity index (χ3n) is 3.20. The number of rotatable bonds is 5. The molecule has 21 heavy (non-hydrogen) atoms. The minimum Gasteiger partial charge on any atom is -0.365 e. The number of hydrogen-bond acceptors (Lipinski definition) is 6. The van der Waals surface area contributed by atoms with Gasteiger partial charge in [0, 0.05) is 29.3 Å². The Labute approximate surface area is 127 Å². The molecule has 6 nitrogen and oxygen atoms in total. The highest BCUT2D eigenvalue weighted by atomic mass is 32.1. The summed E-state index contributed by atoms with van der Waals surface area (Å²) < 4.78 is 0. The zero-order valence-electron chi connectivity index (χ0n) is 12.3. The molecule has 0 aliphatic heterocycles. The average Bonchev–Trinajstić information content (AvgIpc) is 3.07. The summed E-state index contributed by atoms with van der Waals surface area (Å²) in [5.74, 6) is 1.35. The Balaban J connectivity index is 1.81. The molecule has 1 unspecified atom stereocenters. The van der Waals surface area contributed by atoms with E-state index in [-0.39, 0.29) is 6.04 Å². The van der Waals surface area contributed by atoms with Crippen molar-refractivity contribution in [3.05, 3.63) is 28.2 Å². The molecule has 3 rings (SSSR count). The summed E-state index contributed by atoms with van der Waals surface area (Å²) in [4.78, 5) is 18.8. The lowest BCUT2D eigenvalue weighted by atomic mass is 10.2. The summed E-state index contributed by atoms with van der Waals surface area (Å²) in [6.07, 6.45) is 2.60. The fourth-order valence-corrected chi connectivity index (χ4v) is 3.25. The molecule has 110 valence electrons. The van der Waals surface area contributed by atoms with E-state index >= 15 is 0 Å². The van der Waals surface area contributed by atoms with Crippen LogP contribution < -0.4 is 10.6 Å². The Hall–Kier alpha value is -2.15. The van der Waals surface area contributed by atoms with Crippen molar-refractivity contribution in [2.24, 2.45) is 0 Å². The number of aromatic nitrogens is 4. The first-order chi connectivity index (χ1) is 10.2. The van der Waals surface area contributed by atoms with Gasteiger partial charge in [-0.25, -0.2) is 4.98 Å². The predicted molar refractivity (Wildman–Crippen MR) is 87.1 cm³/mol. The molecule has 0 saturated carbocycles. The van der Waals surface area contributed by atoms with Gasteiger partial charge >= 0.3 is 0 Å². The van der Waals surface area contributed by atoms with E-state index in [4.69, 9.17) is 0 Å². The monoisotopic (exact) mass is 302 g/mol. The van der Waals surface area contributed by atoms with Crippen LogP contribution in [0.2, 0.25) is 0 Å². The van der Waals surface area contributed by atoms with E-state index in [0.717, 1.165) is 17.8 Å². The van der Waals surface area contributed by atoms with Crippen LogP contribution in [0.25, 0.3) is 11.2 Å². The Morgan fingerprint density at radius 2 is 2.19 bits per heavy atom. The molecule has 3 aromatic heterocycles. The summed E-state index contributed by atoms with van der Waals surface area (Å²) in [5.41, 5.74) is 1.50. The van der Waals surface area contributed by atoms with E-state index in [2.05, 4.69) is 56.5 Å². The van der Waals surface area contributed by atoms with E-state index in [9.17, 15) is 0 Å². The minimum atomic E-state index is 0.272. The molecule has 0 aromatic carbocycles. The van der Waals surface area contributed by atoms with Gasteiger partial charge in [0.1, 0.15) is 5.52 Å². The molecule has 3 heterocycles. The first kappa shape index (κ1) is 13.8. The normalized spacial score (nSPS) is 12.5. The molecule has 0 saturated heterocycles. The van der Waals surface area contributed by atoms with Gasteiger partial charge in [-0.1, -0.05) is 0 Å². The predicted octanol–water partition coefficient (Wildman–Crippen LogP) is 2.81. The number of fused-ring (bicyclic) bond motifs is 1. The van der Waals surface area contributed by atoms with Crippen LogP contribution in [-0.4, -0.2) is 33.0 Å². The molecule has 0 fully saturated rings. The lowest BCUT2D eigenvalue weighted by molar-refractivity contribution is 0.795. The number of thiophene rings is 1. The number of anilines is 2. The highest BCUT2D eigenvalue weighted by Crippen LogP contribution is 2.21. The van der Waals surface area contributed by atoms with Crippen LogP contribution in [-0.2, 0) is 6.42 Å². The van der Waals surface area contributed by atoms with Crippen molar-refractivity contribution in [2.45, 2.75) is 26.3 Å². The number of nitrogens with one attached hydrogen (secondary N) is 3. The zero-order valence-corrected chi connectivity index (χ0v) is 13.1. The van der Waals surface area contributed by atoms with Gasteiger partial charge in [-0.3, -0.25) is 0 Å². The Morgan fingerprint density at radius 1 is 1.33 bits per heavy atom. The summed E-state index contributed by atoms with van der Waals surface area (Å²) in [6.45, 7) is 4.28. The van der Waals surface area contributed by atoms with Gasteiger partial charge in [0.25, 0.3) is 0 Å². The number of aromatic amines is 1. The van der Waals surface area contributed by atoms with Gasteiger partial charge in [0.2, 0.25) is 5.95 Å². The minimum absolute atomic E-state index is 0.272. The van der Waals surface area contributed by atoms with Crippen LogP contribution in [0.1, 0.15) is 16.7 Å². The average molecular weight is 302 g/mol. The molecule has 0 amide bonds. The highest BCUT2D eigenvalue weighted by molar-refractivity contribution is 7.11. The number of hydrogen-bond donors (Lipinski definition) is 3. The SMILES string of the molecule is CNc1nc(NC(C)Cc2ccc(C)s2)c2[nH]cnc2n1. The molecule has 3 aromatic rings. The van der Waals surface area contributed by atoms with Crippen molar-refractivity contribution < 1.29 is 0 Å². The third kappa shape index (κ3) is 2.97. The van der Waals surface area contributed by atoms with Crippen LogP contribution in [0.5, 0.6) is 0 Å². The fraction of sp³-hybridized carbons (Fsp3) is 0.357. The van der Waals surface area contributed by atoms with Crippen molar-refractivity contribution in [1.29, 1.82) is 0 Å². The number of imidazole rings is 1. The largest absolute Gasteiger partial charge is 0.365 e. The maximum absolute atomic E-state index is 4.48. The topological polar surface area (TPSA) is 78.5 Å². The maximum Gasteiger partial charge on any atom is 0.226 e. The van der Waals surface area contributed by atoms with Gasteiger partial charge in [-0.2, -0.15) is 9.97 Å². The lowest BCUT2D eigenvalue weighted by Gasteiger charge is -2.14. The molecular formula is C14H18N6S. The number of H-pyrrole nitrogens is 1. The summed E-state index contributed by atoms with van der Waals surface area (Å²) in [6, 6.07) is 4.61. The summed E-state index contributed by atoms with van der Waals surface area (Å²) in [7, 11) is 1.80. The van der Waals surface area contributed by atoms with E-state index < -0.39 is 0 Å². The second kappa shape index (κ2) is 5.69. The lowest BCUT2D eigenvalue weighted by Crippen LogP contribution is -2.19. The van der Waals surface area contributed by atoms with Crippen molar-refractivity contribution in [3.8, 4) is 0 Å². The van der Waals surface area contributed by atoms with Crippen molar-refractivity contribution in [3.63, 3.8) is 0 Å². The maximum atomic E-state index is 4.48. The molecule has 1 atom stereocenters. The first-order valence-corrected chi connectivity index (χ1v) is 7.68. The molecule has 0 spiro atoms. The van der Waals surface area contributed by atoms with Crippen molar-refractivity contribution >= 4 is 34.3 Å². The van der Waals surface area contributed by atoms with E-state index in [1.54, 1.807) is 13.4 Å². The third-order valence-corrected chi connectivity index (χ3v) is 4.22. The van der Waals surface area contributed by atoms with Crippen molar-refractivity contribution in [1.82, 2.24) is 19.9 Å². The molecule has 0 aliphatic rings. The molecular weight excluding hydrogens is 284 g/mol. The highest BCUT2D eigenvalue weighted by Gasteiger charge is 2.12. The summed E-state index contributed by atoms with van der Waals surface area (Å²) in [5, 5.41) is 6.41. The smallest absolute Gasteiger partial charge is 0.226 e. The van der Waals surface area contributed by atoms with Crippen LogP contribution in [0.3, 0.4) is 0 Å². The molecule has 7 heteroatoms. The molecule has 3 N–H and O–H groups in total. The van der Waals surface area contributed by atoms with E-state index in [1.807, 2.05) is 11.3 Å². The van der Waals surface area contributed by atoms with Gasteiger partial charge < -0.3 is 15.6 Å². The second-order valence-corrected chi connectivity index (χ2v) is 6.38. The van der Waals surface area contributed by atoms with Crippen LogP contribution in [0.4, 0.5) is 11.8 Å². The Bertz CT molecular complexity index is 747. The van der Waals surface area contributed by atoms with Crippen LogP contribution in [0, 0.1) is 6.92 Å². The Kier molecular flexibility index (Phi) is 3.74. The summed E-state index contributed by atoms with van der Waals surface area (Å²) >= 11 is 1.83. The van der Waals surface area contributed by atoms with Crippen LogP contribution in [0.15, 0.2) is 18.5 Å². The fourth-order valence-electron chi connectivity index (χ4n) is 2.23. The second-order valence-electron chi connectivity index (χ2n) is 5.01. The van der Waals surface area contributed by atoms with Gasteiger partial charge in [0.15, 0.2) is 11.5 Å². The quantitative estimate of drug-likeness (QED) is 0.675. The van der Waals surface area contributed by atoms with Crippen LogP contribution >= 0.6 is 11.3 Å². The van der Waals surface area contributed by atoms with Gasteiger partial charge in [-0.05, 0) is 26.0 Å². The van der Waals surface area contributed by atoms with E-state index in [1.165, 1.54) is 9.75 Å². The van der Waals surface area contributed by atoms with E-state index in [0.29, 0.717) is 11.6 Å². The zero-order chi connectivity index (χ0) is 14.8. The molecule has 0 radical (unpaired) electrons. The van der Waals surface area contributed by atoms with Crippen molar-refractivity contribution in [2.75, 3.05) is 17.7 Å². The number of aryl methyl sites for hydroxylation is 1. The van der Waals surface area contributed by atoms with Gasteiger partial charge in [0.05, 0.1) is 6.33 Å². The first-order valence-electron chi connectivity index (χ1n) is 6.86. The molecule has 0 bridgehead atoms. The Morgan fingerprint density at radius 3 is 2.90 bits per heavy atom. The number of nitrogens with zero attached hydrogens (tertiary/aromatic N) is 3. The molecule has 0 aliphatic carbocycles.